The van der Waals surface area contributed by atoms with E-state index in [1.54, 1.807) is 12.1 Å². The van der Waals surface area contributed by atoms with E-state index in [4.69, 9.17) is 4.74 Å². The summed E-state index contributed by atoms with van der Waals surface area (Å²) in [5.74, 6) is 0.665. The molecule has 1 aromatic carbocycles. The van der Waals surface area contributed by atoms with E-state index in [1.807, 2.05) is 0 Å². The maximum atomic E-state index is 12.3. The molecule has 1 saturated heterocycles. The van der Waals surface area contributed by atoms with Crippen LogP contribution in [0.5, 0.6) is 5.75 Å². The van der Waals surface area contributed by atoms with E-state index in [0.717, 1.165) is 25.9 Å². The molecule has 4 heteroatoms. The molecule has 0 bridgehead atoms. The number of halogens is 2. The molecule has 1 aliphatic rings. The molecule has 16 heavy (non-hydrogen) atoms. The highest BCUT2D eigenvalue weighted by atomic mass is 19.3. The van der Waals surface area contributed by atoms with Gasteiger partial charge in [0, 0.05) is 12.1 Å². The van der Waals surface area contributed by atoms with Gasteiger partial charge in [-0.1, -0.05) is 0 Å². The third-order valence-corrected chi connectivity index (χ3v) is 2.69. The zero-order chi connectivity index (χ0) is 11.4. The lowest BCUT2D eigenvalue weighted by molar-refractivity contribution is 0.150. The van der Waals surface area contributed by atoms with Gasteiger partial charge in [0.25, 0.3) is 6.43 Å². The van der Waals surface area contributed by atoms with Crippen molar-refractivity contribution in [3.8, 4) is 5.75 Å². The number of ether oxygens (including phenoxy) is 1. The molecule has 1 fully saturated rings. The number of piperidine rings is 1. The smallest absolute Gasteiger partial charge is 0.263 e. The summed E-state index contributed by atoms with van der Waals surface area (Å²) in [6, 6.07) is 6.04. The lowest BCUT2D eigenvalue weighted by Crippen LogP contribution is -2.37. The van der Waals surface area contributed by atoms with E-state index in [1.165, 1.54) is 12.1 Å². The molecule has 0 aliphatic carbocycles. The van der Waals surface area contributed by atoms with Gasteiger partial charge in [0.1, 0.15) is 11.9 Å². The summed E-state index contributed by atoms with van der Waals surface area (Å²) in [6.07, 6.45) is -0.139. The largest absolute Gasteiger partial charge is 0.489 e. The summed E-state index contributed by atoms with van der Waals surface area (Å²) in [7, 11) is 0. The first-order valence-electron chi connectivity index (χ1n) is 5.51. The number of hydrogen-bond donors (Lipinski definition) is 1. The molecule has 2 nitrogen and oxygen atoms in total. The van der Waals surface area contributed by atoms with E-state index in [9.17, 15) is 8.78 Å². The number of benzene rings is 1. The molecule has 1 N–H and O–H groups in total. The van der Waals surface area contributed by atoms with E-state index in [0.29, 0.717) is 5.75 Å². The molecule has 0 aromatic heterocycles. The van der Waals surface area contributed by atoms with Crippen molar-refractivity contribution in [2.24, 2.45) is 0 Å². The Labute approximate surface area is 93.6 Å². The average molecular weight is 227 g/mol. The minimum atomic E-state index is -2.41. The lowest BCUT2D eigenvalue weighted by atomic mass is 10.1. The van der Waals surface area contributed by atoms with Crippen LogP contribution in [0.2, 0.25) is 0 Å². The SMILES string of the molecule is FC(F)c1ccc(OC2CCCNC2)cc1. The Morgan fingerprint density at radius 3 is 2.56 bits per heavy atom. The van der Waals surface area contributed by atoms with E-state index >= 15 is 0 Å². The van der Waals surface area contributed by atoms with Crippen LogP contribution in [-0.2, 0) is 0 Å². The van der Waals surface area contributed by atoms with Gasteiger partial charge in [-0.3, -0.25) is 0 Å². The van der Waals surface area contributed by atoms with Crippen LogP contribution in [0.25, 0.3) is 0 Å². The Kier molecular flexibility index (Phi) is 3.72. The molecule has 0 spiro atoms. The second-order valence-corrected chi connectivity index (χ2v) is 3.96. The lowest BCUT2D eigenvalue weighted by Gasteiger charge is -2.23. The van der Waals surface area contributed by atoms with E-state index in [-0.39, 0.29) is 11.7 Å². The predicted molar refractivity (Wildman–Crippen MR) is 57.9 cm³/mol. The van der Waals surface area contributed by atoms with Crippen molar-refractivity contribution in [3.63, 3.8) is 0 Å². The van der Waals surface area contributed by atoms with Crippen LogP contribution in [0, 0.1) is 0 Å². The van der Waals surface area contributed by atoms with Gasteiger partial charge in [0.2, 0.25) is 0 Å². The molecule has 1 aromatic rings. The second kappa shape index (κ2) is 5.25. The minimum Gasteiger partial charge on any atom is -0.489 e. The van der Waals surface area contributed by atoms with Crippen LogP contribution in [0.15, 0.2) is 24.3 Å². The highest BCUT2D eigenvalue weighted by Crippen LogP contribution is 2.22. The van der Waals surface area contributed by atoms with Crippen LogP contribution in [0.1, 0.15) is 24.8 Å². The quantitative estimate of drug-likeness (QED) is 0.857. The third-order valence-electron chi connectivity index (χ3n) is 2.69. The van der Waals surface area contributed by atoms with Gasteiger partial charge in [-0.15, -0.1) is 0 Å². The van der Waals surface area contributed by atoms with Crippen LogP contribution in [-0.4, -0.2) is 19.2 Å². The topological polar surface area (TPSA) is 21.3 Å². The van der Waals surface area contributed by atoms with Gasteiger partial charge < -0.3 is 10.1 Å². The predicted octanol–water partition coefficient (Wildman–Crippen LogP) is 2.75. The third kappa shape index (κ3) is 2.92. The molecule has 1 atom stereocenters. The van der Waals surface area contributed by atoms with E-state index < -0.39 is 6.43 Å². The molecule has 0 saturated carbocycles. The molecular formula is C12H15F2NO. The number of rotatable bonds is 3. The minimum absolute atomic E-state index is 0.0362. The summed E-state index contributed by atoms with van der Waals surface area (Å²) in [5, 5.41) is 3.24. The van der Waals surface area contributed by atoms with Crippen molar-refractivity contribution in [3.05, 3.63) is 29.8 Å². The Morgan fingerprint density at radius 1 is 1.25 bits per heavy atom. The molecule has 1 heterocycles. The van der Waals surface area contributed by atoms with Gasteiger partial charge in [-0.25, -0.2) is 8.78 Å². The van der Waals surface area contributed by atoms with Gasteiger partial charge in [0.05, 0.1) is 0 Å². The molecule has 0 amide bonds. The van der Waals surface area contributed by atoms with Crippen LogP contribution < -0.4 is 10.1 Å². The maximum Gasteiger partial charge on any atom is 0.263 e. The number of hydrogen-bond acceptors (Lipinski definition) is 2. The van der Waals surface area contributed by atoms with Gasteiger partial charge in [0.15, 0.2) is 0 Å². The summed E-state index contributed by atoms with van der Waals surface area (Å²) in [4.78, 5) is 0. The number of alkyl halides is 2. The molecule has 2 rings (SSSR count). The van der Waals surface area contributed by atoms with Crippen molar-refractivity contribution in [2.75, 3.05) is 13.1 Å². The first kappa shape index (κ1) is 11.3. The van der Waals surface area contributed by atoms with Crippen molar-refractivity contribution in [1.82, 2.24) is 5.32 Å². The summed E-state index contributed by atoms with van der Waals surface area (Å²) >= 11 is 0. The normalized spacial score (nSPS) is 21.1. The Hall–Kier alpha value is -1.16. The standard InChI is InChI=1S/C12H15F2NO/c13-12(14)9-3-5-10(6-4-9)16-11-2-1-7-15-8-11/h3-6,11-12,15H,1-2,7-8H2. The average Bonchev–Trinajstić information content (AvgIpc) is 2.31. The van der Waals surface area contributed by atoms with Crippen LogP contribution in [0.3, 0.4) is 0 Å². The molecule has 1 aliphatic heterocycles. The first-order chi connectivity index (χ1) is 7.75. The van der Waals surface area contributed by atoms with Crippen molar-refractivity contribution in [1.29, 1.82) is 0 Å². The zero-order valence-electron chi connectivity index (χ0n) is 8.96. The fourth-order valence-electron chi connectivity index (χ4n) is 1.80. The zero-order valence-corrected chi connectivity index (χ0v) is 8.96. The molecule has 1 unspecified atom stereocenters. The Morgan fingerprint density at radius 2 is 2.00 bits per heavy atom. The summed E-state index contributed by atoms with van der Waals surface area (Å²) in [6.45, 7) is 1.86. The van der Waals surface area contributed by atoms with Gasteiger partial charge >= 0.3 is 0 Å². The monoisotopic (exact) mass is 227 g/mol. The van der Waals surface area contributed by atoms with E-state index in [2.05, 4.69) is 5.32 Å². The Balaban J connectivity index is 1.93. The summed E-state index contributed by atoms with van der Waals surface area (Å²) < 4.78 is 30.3. The number of nitrogens with one attached hydrogen (secondary N) is 1. The van der Waals surface area contributed by atoms with Crippen LogP contribution >= 0.6 is 0 Å². The van der Waals surface area contributed by atoms with Crippen LogP contribution in [0.4, 0.5) is 8.78 Å². The van der Waals surface area contributed by atoms with Crippen molar-refractivity contribution >= 4 is 0 Å². The maximum absolute atomic E-state index is 12.3. The van der Waals surface area contributed by atoms with Crippen molar-refractivity contribution in [2.45, 2.75) is 25.4 Å². The Bertz CT molecular complexity index is 320. The fourth-order valence-corrected chi connectivity index (χ4v) is 1.80. The highest BCUT2D eigenvalue weighted by Gasteiger charge is 2.14. The molecule has 0 radical (unpaired) electrons. The van der Waals surface area contributed by atoms with Gasteiger partial charge in [-0.2, -0.15) is 0 Å². The van der Waals surface area contributed by atoms with Gasteiger partial charge in [-0.05, 0) is 43.7 Å². The molecule has 88 valence electrons. The summed E-state index contributed by atoms with van der Waals surface area (Å²) in [5.41, 5.74) is 0.0362. The highest BCUT2D eigenvalue weighted by molar-refractivity contribution is 5.28. The molecular weight excluding hydrogens is 212 g/mol. The van der Waals surface area contributed by atoms with Crippen molar-refractivity contribution < 1.29 is 13.5 Å². The first-order valence-corrected chi connectivity index (χ1v) is 5.51. The second-order valence-electron chi connectivity index (χ2n) is 3.96. The fraction of sp³-hybridized carbons (Fsp3) is 0.500.